The van der Waals surface area contributed by atoms with Gasteiger partial charge in [0.2, 0.25) is 0 Å². The van der Waals surface area contributed by atoms with E-state index >= 15 is 0 Å². The molecule has 1 aromatic carbocycles. The maximum absolute atomic E-state index is 5.64. The Labute approximate surface area is 165 Å². The predicted octanol–water partition coefficient (Wildman–Crippen LogP) is 3.36. The van der Waals surface area contributed by atoms with Crippen LogP contribution >= 0.6 is 0 Å². The molecule has 0 aliphatic heterocycles. The van der Waals surface area contributed by atoms with Crippen LogP contribution in [0.2, 0.25) is 0 Å². The largest absolute Gasteiger partial charge is 0.493 e. The Morgan fingerprint density at radius 2 is 2.07 bits per heavy atom. The zero-order valence-electron chi connectivity index (χ0n) is 16.6. The molecule has 0 spiro atoms. The van der Waals surface area contributed by atoms with Crippen molar-refractivity contribution in [1.29, 1.82) is 0 Å². The van der Waals surface area contributed by atoms with E-state index in [-0.39, 0.29) is 0 Å². The average Bonchev–Trinajstić information content (AvgIpc) is 3.11. The highest BCUT2D eigenvalue weighted by molar-refractivity contribution is 5.93. The molecule has 0 aliphatic carbocycles. The van der Waals surface area contributed by atoms with Crippen molar-refractivity contribution in [2.45, 2.75) is 20.3 Å². The van der Waals surface area contributed by atoms with Crippen LogP contribution < -0.4 is 20.1 Å². The molecule has 0 unspecified atom stereocenters. The minimum atomic E-state index is 0.576. The molecule has 0 bridgehead atoms. The average molecular weight is 381 g/mol. The van der Waals surface area contributed by atoms with E-state index in [1.165, 1.54) is 0 Å². The fraction of sp³-hybridized carbons (Fsp3) is 0.333. The van der Waals surface area contributed by atoms with Gasteiger partial charge in [-0.3, -0.25) is 4.99 Å². The quantitative estimate of drug-likeness (QED) is 0.462. The van der Waals surface area contributed by atoms with E-state index in [2.05, 4.69) is 20.6 Å². The van der Waals surface area contributed by atoms with Gasteiger partial charge in [-0.1, -0.05) is 6.07 Å². The zero-order valence-corrected chi connectivity index (χ0v) is 16.6. The van der Waals surface area contributed by atoms with Crippen LogP contribution in [0.5, 0.6) is 11.5 Å². The molecule has 3 rings (SSSR count). The summed E-state index contributed by atoms with van der Waals surface area (Å²) in [7, 11) is 1.63. The van der Waals surface area contributed by atoms with Crippen molar-refractivity contribution in [3.8, 4) is 11.5 Å². The molecule has 0 radical (unpaired) electrons. The van der Waals surface area contributed by atoms with Crippen LogP contribution in [0.15, 0.2) is 53.8 Å². The third-order valence-electron chi connectivity index (χ3n) is 4.12. The number of aliphatic imine (C=N–C) groups is 1. The lowest BCUT2D eigenvalue weighted by Gasteiger charge is -2.14. The standard InChI is InChI=1S/C21H27N5O2/c1-4-22-21(25-16-9-10-18(27-3)19(14-16)28-5-2)23-12-11-17-15-26-13-7-6-8-20(26)24-17/h6-10,13-15H,4-5,11-12H2,1-3H3,(H2,22,23,25). The molecule has 0 atom stereocenters. The van der Waals surface area contributed by atoms with Crippen molar-refractivity contribution in [2.24, 2.45) is 4.99 Å². The summed E-state index contributed by atoms with van der Waals surface area (Å²) in [5, 5.41) is 6.59. The van der Waals surface area contributed by atoms with Crippen LogP contribution in [0.1, 0.15) is 19.5 Å². The van der Waals surface area contributed by atoms with E-state index in [0.29, 0.717) is 24.7 Å². The number of ether oxygens (including phenoxy) is 2. The van der Waals surface area contributed by atoms with E-state index in [1.807, 2.05) is 67.0 Å². The first-order valence-electron chi connectivity index (χ1n) is 9.52. The maximum Gasteiger partial charge on any atom is 0.195 e. The summed E-state index contributed by atoms with van der Waals surface area (Å²) in [4.78, 5) is 9.28. The van der Waals surface area contributed by atoms with Gasteiger partial charge in [0, 0.05) is 43.7 Å². The molecule has 0 saturated carbocycles. The number of aromatic nitrogens is 2. The second kappa shape index (κ2) is 9.64. The summed E-state index contributed by atoms with van der Waals surface area (Å²) in [5.41, 5.74) is 2.86. The molecule has 148 valence electrons. The van der Waals surface area contributed by atoms with Crippen molar-refractivity contribution in [2.75, 3.05) is 32.1 Å². The Bertz CT molecular complexity index is 902. The molecule has 7 nitrogen and oxygen atoms in total. The Hall–Kier alpha value is -3.22. The van der Waals surface area contributed by atoms with E-state index in [9.17, 15) is 0 Å². The number of methoxy groups -OCH3 is 1. The zero-order chi connectivity index (χ0) is 19.8. The lowest BCUT2D eigenvalue weighted by molar-refractivity contribution is 0.311. The predicted molar refractivity (Wildman–Crippen MR) is 113 cm³/mol. The third-order valence-corrected chi connectivity index (χ3v) is 4.12. The van der Waals surface area contributed by atoms with Gasteiger partial charge >= 0.3 is 0 Å². The van der Waals surface area contributed by atoms with E-state index in [4.69, 9.17) is 9.47 Å². The number of guanidine groups is 1. The fourth-order valence-corrected chi connectivity index (χ4v) is 2.86. The number of fused-ring (bicyclic) bond motifs is 1. The lowest BCUT2D eigenvalue weighted by atomic mass is 10.2. The fourth-order valence-electron chi connectivity index (χ4n) is 2.86. The summed E-state index contributed by atoms with van der Waals surface area (Å²) in [6.45, 7) is 5.97. The van der Waals surface area contributed by atoms with Crippen LogP contribution in [0.4, 0.5) is 5.69 Å². The van der Waals surface area contributed by atoms with E-state index in [0.717, 1.165) is 36.0 Å². The Morgan fingerprint density at radius 1 is 1.18 bits per heavy atom. The van der Waals surface area contributed by atoms with Gasteiger partial charge in [0.15, 0.2) is 17.5 Å². The summed E-state index contributed by atoms with van der Waals surface area (Å²) in [5.74, 6) is 2.13. The van der Waals surface area contributed by atoms with E-state index in [1.54, 1.807) is 7.11 Å². The number of imidazole rings is 1. The van der Waals surface area contributed by atoms with E-state index < -0.39 is 0 Å². The first-order valence-corrected chi connectivity index (χ1v) is 9.52. The number of benzene rings is 1. The van der Waals surface area contributed by atoms with Gasteiger partial charge in [0.05, 0.1) is 19.4 Å². The monoisotopic (exact) mass is 381 g/mol. The van der Waals surface area contributed by atoms with Gasteiger partial charge in [-0.25, -0.2) is 4.98 Å². The third kappa shape index (κ3) is 4.94. The van der Waals surface area contributed by atoms with Crippen LogP contribution in [0, 0.1) is 0 Å². The van der Waals surface area contributed by atoms with Crippen molar-refractivity contribution >= 4 is 17.3 Å². The van der Waals surface area contributed by atoms with Gasteiger partial charge in [-0.2, -0.15) is 0 Å². The normalized spacial score (nSPS) is 11.5. The van der Waals surface area contributed by atoms with Crippen molar-refractivity contribution in [3.63, 3.8) is 0 Å². The molecule has 28 heavy (non-hydrogen) atoms. The van der Waals surface area contributed by atoms with Crippen LogP contribution in [0.3, 0.4) is 0 Å². The molecule has 2 aromatic heterocycles. The second-order valence-electron chi connectivity index (χ2n) is 6.13. The number of anilines is 1. The van der Waals surface area contributed by atoms with Crippen molar-refractivity contribution in [3.05, 3.63) is 54.5 Å². The second-order valence-corrected chi connectivity index (χ2v) is 6.13. The molecule has 0 aliphatic rings. The first kappa shape index (κ1) is 19.5. The molecular weight excluding hydrogens is 354 g/mol. The Morgan fingerprint density at radius 3 is 2.82 bits per heavy atom. The molecule has 0 fully saturated rings. The number of hydrogen-bond acceptors (Lipinski definition) is 4. The number of hydrogen-bond donors (Lipinski definition) is 2. The SMILES string of the molecule is CCNC(=NCCc1cn2ccccc2n1)Nc1ccc(OC)c(OCC)c1. The molecule has 7 heteroatoms. The number of nitrogens with one attached hydrogen (secondary N) is 2. The van der Waals surface area contributed by atoms with Gasteiger partial charge in [-0.05, 0) is 38.1 Å². The number of rotatable bonds is 8. The van der Waals surface area contributed by atoms with Gasteiger partial charge in [0.1, 0.15) is 5.65 Å². The van der Waals surface area contributed by atoms with Crippen LogP contribution in [-0.4, -0.2) is 42.2 Å². The van der Waals surface area contributed by atoms with Crippen molar-refractivity contribution < 1.29 is 9.47 Å². The molecule has 2 heterocycles. The van der Waals surface area contributed by atoms with Crippen LogP contribution in [-0.2, 0) is 6.42 Å². The molecule has 2 N–H and O–H groups in total. The van der Waals surface area contributed by atoms with Gasteiger partial charge in [-0.15, -0.1) is 0 Å². The van der Waals surface area contributed by atoms with Gasteiger partial charge in [0.25, 0.3) is 0 Å². The lowest BCUT2D eigenvalue weighted by Crippen LogP contribution is -2.30. The summed E-state index contributed by atoms with van der Waals surface area (Å²) in [6.07, 6.45) is 4.81. The summed E-state index contributed by atoms with van der Waals surface area (Å²) < 4.78 is 13.0. The maximum atomic E-state index is 5.64. The summed E-state index contributed by atoms with van der Waals surface area (Å²) in [6, 6.07) is 11.7. The van der Waals surface area contributed by atoms with Crippen LogP contribution in [0.25, 0.3) is 5.65 Å². The molecule has 0 amide bonds. The highest BCUT2D eigenvalue weighted by Crippen LogP contribution is 2.30. The first-order chi connectivity index (χ1) is 13.7. The number of nitrogens with zero attached hydrogens (tertiary/aromatic N) is 3. The highest BCUT2D eigenvalue weighted by atomic mass is 16.5. The summed E-state index contributed by atoms with van der Waals surface area (Å²) >= 11 is 0. The minimum Gasteiger partial charge on any atom is -0.493 e. The number of pyridine rings is 1. The van der Waals surface area contributed by atoms with Crippen molar-refractivity contribution in [1.82, 2.24) is 14.7 Å². The molecule has 3 aromatic rings. The smallest absolute Gasteiger partial charge is 0.195 e. The minimum absolute atomic E-state index is 0.576. The Kier molecular flexibility index (Phi) is 6.73. The molecular formula is C21H27N5O2. The Balaban J connectivity index is 1.67. The topological polar surface area (TPSA) is 72.2 Å². The van der Waals surface area contributed by atoms with Gasteiger partial charge < -0.3 is 24.5 Å². The molecule has 0 saturated heterocycles. The highest BCUT2D eigenvalue weighted by Gasteiger charge is 2.07.